The first-order valence-electron chi connectivity index (χ1n) is 8.13. The minimum absolute atomic E-state index is 0.293. The van der Waals surface area contributed by atoms with Crippen LogP contribution in [0.3, 0.4) is 0 Å². The molecular formula is C17H19FN4O3S. The van der Waals surface area contributed by atoms with Crippen molar-refractivity contribution >= 4 is 15.9 Å². The van der Waals surface area contributed by atoms with E-state index < -0.39 is 26.8 Å². The van der Waals surface area contributed by atoms with Crippen LogP contribution in [0.2, 0.25) is 0 Å². The van der Waals surface area contributed by atoms with Crippen molar-refractivity contribution < 1.29 is 17.6 Å². The number of carbonyl (C=O) groups excluding carboxylic acids is 1. The monoisotopic (exact) mass is 378 g/mol. The first kappa shape index (κ1) is 18.4. The molecule has 2 aromatic rings. The van der Waals surface area contributed by atoms with E-state index in [1.807, 2.05) is 0 Å². The lowest BCUT2D eigenvalue weighted by atomic mass is 10.0. The lowest BCUT2D eigenvalue weighted by Gasteiger charge is -2.26. The van der Waals surface area contributed by atoms with Gasteiger partial charge in [-0.15, -0.1) is 0 Å². The van der Waals surface area contributed by atoms with Crippen molar-refractivity contribution in [3.8, 4) is 0 Å². The lowest BCUT2D eigenvalue weighted by molar-refractivity contribution is -0.134. The Balaban J connectivity index is 1.82. The summed E-state index contributed by atoms with van der Waals surface area (Å²) in [6.45, 7) is 4.08. The highest BCUT2D eigenvalue weighted by Gasteiger charge is 2.35. The fraction of sp³-hybridized carbons (Fsp3) is 0.353. The average molecular weight is 378 g/mol. The Morgan fingerprint density at radius 2 is 2.00 bits per heavy atom. The van der Waals surface area contributed by atoms with E-state index >= 15 is 0 Å². The molecule has 2 heterocycles. The fourth-order valence-electron chi connectivity index (χ4n) is 2.82. The Kier molecular flexibility index (Phi) is 5.01. The van der Waals surface area contributed by atoms with Gasteiger partial charge in [-0.05, 0) is 18.1 Å². The second-order valence-corrected chi connectivity index (χ2v) is 8.14. The van der Waals surface area contributed by atoms with E-state index in [2.05, 4.69) is 14.7 Å². The Morgan fingerprint density at radius 3 is 2.65 bits per heavy atom. The van der Waals surface area contributed by atoms with Crippen LogP contribution in [-0.4, -0.2) is 35.2 Å². The Labute approximate surface area is 151 Å². The molecule has 7 nitrogen and oxygen atoms in total. The van der Waals surface area contributed by atoms with E-state index in [0.29, 0.717) is 13.1 Å². The molecule has 1 amide bonds. The van der Waals surface area contributed by atoms with Gasteiger partial charge in [0.1, 0.15) is 23.1 Å². The topological polar surface area (TPSA) is 92.3 Å². The molecule has 138 valence electrons. The molecule has 0 aliphatic carbocycles. The molecule has 0 bridgehead atoms. The largest absolute Gasteiger partial charge is 0.331 e. The van der Waals surface area contributed by atoms with Crippen molar-refractivity contribution in [3.63, 3.8) is 0 Å². The minimum Gasteiger partial charge on any atom is -0.331 e. The summed E-state index contributed by atoms with van der Waals surface area (Å²) in [6, 6.07) is 4.06. The van der Waals surface area contributed by atoms with E-state index in [-0.39, 0.29) is 11.8 Å². The molecule has 0 saturated carbocycles. The summed E-state index contributed by atoms with van der Waals surface area (Å²) in [5.74, 6) is -1.56. The van der Waals surface area contributed by atoms with E-state index in [4.69, 9.17) is 0 Å². The van der Waals surface area contributed by atoms with Gasteiger partial charge in [0.2, 0.25) is 15.9 Å². The second kappa shape index (κ2) is 7.08. The summed E-state index contributed by atoms with van der Waals surface area (Å²) < 4.78 is 41.4. The molecule has 0 fully saturated rings. The first-order chi connectivity index (χ1) is 12.3. The number of hydrogen-bond acceptors (Lipinski definition) is 5. The van der Waals surface area contributed by atoms with Gasteiger partial charge in [-0.1, -0.05) is 26.0 Å². The van der Waals surface area contributed by atoms with Crippen LogP contribution in [0.15, 0.2) is 41.7 Å². The Bertz CT molecular complexity index is 908. The van der Waals surface area contributed by atoms with Crippen LogP contribution in [0.25, 0.3) is 0 Å². The van der Waals surface area contributed by atoms with Crippen LogP contribution in [0.5, 0.6) is 0 Å². The Hall–Kier alpha value is -2.39. The molecule has 1 aromatic heterocycles. The molecule has 1 unspecified atom stereocenters. The number of nitrogens with zero attached hydrogens (tertiary/aromatic N) is 3. The van der Waals surface area contributed by atoms with Crippen LogP contribution in [0.4, 0.5) is 4.39 Å². The van der Waals surface area contributed by atoms with Crippen molar-refractivity contribution in [2.45, 2.75) is 37.9 Å². The van der Waals surface area contributed by atoms with Gasteiger partial charge in [-0.3, -0.25) is 4.79 Å². The molecule has 26 heavy (non-hydrogen) atoms. The summed E-state index contributed by atoms with van der Waals surface area (Å²) in [5.41, 5.74) is 1.58. The number of nitrogens with one attached hydrogen (secondary N) is 1. The van der Waals surface area contributed by atoms with Gasteiger partial charge >= 0.3 is 0 Å². The predicted molar refractivity (Wildman–Crippen MR) is 91.6 cm³/mol. The normalized spacial score (nSPS) is 15.2. The van der Waals surface area contributed by atoms with Gasteiger partial charge in [-0.25, -0.2) is 22.8 Å². The number of benzene rings is 1. The van der Waals surface area contributed by atoms with Gasteiger partial charge in [0, 0.05) is 18.3 Å². The molecule has 0 spiro atoms. The average Bonchev–Trinajstić information content (AvgIpc) is 3.03. The maximum absolute atomic E-state index is 13.9. The molecule has 1 aromatic carbocycles. The fourth-order valence-corrected chi connectivity index (χ4v) is 4.23. The summed E-state index contributed by atoms with van der Waals surface area (Å²) in [7, 11) is -4.18. The number of fused-ring (bicyclic) bond motifs is 1. The zero-order valence-electron chi connectivity index (χ0n) is 14.4. The maximum Gasteiger partial charge on any atom is 0.244 e. The van der Waals surface area contributed by atoms with E-state index in [0.717, 1.165) is 17.3 Å². The Morgan fingerprint density at radius 1 is 1.27 bits per heavy atom. The van der Waals surface area contributed by atoms with Gasteiger partial charge in [0.05, 0.1) is 12.2 Å². The molecule has 1 atom stereocenters. The highest BCUT2D eigenvalue weighted by Crippen LogP contribution is 2.22. The van der Waals surface area contributed by atoms with Gasteiger partial charge in [0.15, 0.2) is 0 Å². The number of amides is 1. The van der Waals surface area contributed by atoms with E-state index in [1.54, 1.807) is 20.0 Å². The quantitative estimate of drug-likeness (QED) is 0.850. The van der Waals surface area contributed by atoms with Gasteiger partial charge < -0.3 is 4.90 Å². The number of carbonyl (C=O) groups is 1. The van der Waals surface area contributed by atoms with Gasteiger partial charge in [-0.2, -0.15) is 4.72 Å². The summed E-state index contributed by atoms with van der Waals surface area (Å²) >= 11 is 0. The van der Waals surface area contributed by atoms with E-state index in [9.17, 15) is 17.6 Å². The van der Waals surface area contributed by atoms with E-state index in [1.165, 1.54) is 29.4 Å². The molecular weight excluding hydrogens is 359 g/mol. The van der Waals surface area contributed by atoms with Gasteiger partial charge in [0.25, 0.3) is 0 Å². The third-order valence-electron chi connectivity index (χ3n) is 4.24. The van der Waals surface area contributed by atoms with Crippen LogP contribution in [0, 0.1) is 11.7 Å². The van der Waals surface area contributed by atoms with Crippen LogP contribution in [-0.2, 0) is 27.9 Å². The standard InChI is InChI=1S/C17H19FN4O3S/c1-11(2)16(21-26(24,25)15-6-4-3-5-13(15)18)17(23)22-8-12-7-19-10-20-14(12)9-22/h3-7,10-11,16,21H,8-9H2,1-2H3. The molecule has 1 aliphatic heterocycles. The van der Waals surface area contributed by atoms with Crippen molar-refractivity contribution in [1.29, 1.82) is 0 Å². The zero-order valence-corrected chi connectivity index (χ0v) is 15.2. The smallest absolute Gasteiger partial charge is 0.244 e. The van der Waals surface area contributed by atoms with Crippen molar-refractivity contribution in [2.75, 3.05) is 0 Å². The molecule has 9 heteroatoms. The molecule has 0 saturated heterocycles. The molecule has 1 N–H and O–H groups in total. The number of halogens is 1. The van der Waals surface area contributed by atoms with Crippen molar-refractivity contribution in [1.82, 2.24) is 19.6 Å². The van der Waals surface area contributed by atoms with Crippen molar-refractivity contribution in [3.05, 3.63) is 53.9 Å². The summed E-state index contributed by atoms with van der Waals surface area (Å²) in [4.78, 5) is 22.0. The number of hydrogen-bond donors (Lipinski definition) is 1. The first-order valence-corrected chi connectivity index (χ1v) is 9.61. The van der Waals surface area contributed by atoms with Crippen molar-refractivity contribution in [2.24, 2.45) is 5.92 Å². The summed E-state index contributed by atoms with van der Waals surface area (Å²) in [5, 5.41) is 0. The predicted octanol–water partition coefficient (Wildman–Crippen LogP) is 1.46. The summed E-state index contributed by atoms with van der Waals surface area (Å²) in [6.07, 6.45) is 3.05. The number of sulfonamides is 1. The third-order valence-corrected chi connectivity index (χ3v) is 5.71. The van der Waals surface area contributed by atoms with Crippen LogP contribution < -0.4 is 4.72 Å². The minimum atomic E-state index is -4.18. The highest BCUT2D eigenvalue weighted by atomic mass is 32.2. The van der Waals surface area contributed by atoms with Crippen LogP contribution >= 0.6 is 0 Å². The molecule has 1 aliphatic rings. The number of aromatic nitrogens is 2. The molecule has 3 rings (SSSR count). The number of rotatable bonds is 5. The SMILES string of the molecule is CC(C)C(NS(=O)(=O)c1ccccc1F)C(=O)N1Cc2cncnc2C1. The highest BCUT2D eigenvalue weighted by molar-refractivity contribution is 7.89. The second-order valence-electron chi connectivity index (χ2n) is 6.46. The molecule has 0 radical (unpaired) electrons. The zero-order chi connectivity index (χ0) is 18.9. The third kappa shape index (κ3) is 3.58. The maximum atomic E-state index is 13.9. The van der Waals surface area contributed by atoms with Crippen LogP contribution in [0.1, 0.15) is 25.1 Å². The lowest BCUT2D eigenvalue weighted by Crippen LogP contribution is -2.49.